The lowest BCUT2D eigenvalue weighted by Gasteiger charge is -2.22. The summed E-state index contributed by atoms with van der Waals surface area (Å²) < 4.78 is 40.7. The summed E-state index contributed by atoms with van der Waals surface area (Å²) in [6, 6.07) is 6.71. The van der Waals surface area contributed by atoms with Gasteiger partial charge in [-0.25, -0.2) is 9.97 Å². The molecule has 1 aliphatic carbocycles. The van der Waals surface area contributed by atoms with Gasteiger partial charge in [0.05, 0.1) is 11.3 Å². The number of nitrogen functional groups attached to an aromatic ring is 1. The Hall–Kier alpha value is -2.84. The summed E-state index contributed by atoms with van der Waals surface area (Å²) in [6.45, 7) is 3.73. The summed E-state index contributed by atoms with van der Waals surface area (Å²) >= 11 is 0. The average molecular weight is 421 g/mol. The molecule has 9 heteroatoms. The van der Waals surface area contributed by atoms with Gasteiger partial charge < -0.3 is 16.4 Å². The fourth-order valence-corrected chi connectivity index (χ4v) is 3.83. The molecule has 162 valence electrons. The van der Waals surface area contributed by atoms with Gasteiger partial charge in [0.1, 0.15) is 0 Å². The van der Waals surface area contributed by atoms with E-state index in [0.29, 0.717) is 24.2 Å². The Balaban J connectivity index is 1.85. The van der Waals surface area contributed by atoms with Crippen molar-refractivity contribution in [2.45, 2.75) is 51.7 Å². The van der Waals surface area contributed by atoms with E-state index in [2.05, 4.69) is 20.6 Å². The van der Waals surface area contributed by atoms with Crippen molar-refractivity contribution in [3.05, 3.63) is 41.7 Å². The fraction of sp³-hybridized carbons (Fsp3) is 0.476. The topological polar surface area (TPSA) is 92.9 Å². The maximum atomic E-state index is 13.6. The molecular formula is C21H26F3N5O. The molecule has 6 nitrogen and oxygen atoms in total. The van der Waals surface area contributed by atoms with Crippen LogP contribution >= 0.6 is 0 Å². The van der Waals surface area contributed by atoms with Crippen LogP contribution in [0, 0.1) is 11.8 Å². The first-order valence-corrected chi connectivity index (χ1v) is 9.99. The first-order valence-electron chi connectivity index (χ1n) is 9.99. The molecule has 2 aromatic rings. The SMILES string of the molecule is CC(C)NC(=O)[C@H]1CCC[C@H]1Cc1nc(Nc2ccc(N)cc2)ncc1C(F)(F)F. The lowest BCUT2D eigenvalue weighted by molar-refractivity contribution is -0.138. The number of hydrogen-bond donors (Lipinski definition) is 3. The number of alkyl halides is 3. The number of aromatic nitrogens is 2. The van der Waals surface area contributed by atoms with E-state index in [4.69, 9.17) is 5.73 Å². The van der Waals surface area contributed by atoms with Gasteiger partial charge in [-0.15, -0.1) is 0 Å². The van der Waals surface area contributed by atoms with Crippen molar-refractivity contribution in [1.82, 2.24) is 15.3 Å². The van der Waals surface area contributed by atoms with Crippen molar-refractivity contribution in [3.63, 3.8) is 0 Å². The monoisotopic (exact) mass is 421 g/mol. The molecule has 1 aliphatic rings. The van der Waals surface area contributed by atoms with E-state index < -0.39 is 11.7 Å². The molecule has 1 aromatic heterocycles. The summed E-state index contributed by atoms with van der Waals surface area (Å²) in [6.07, 6.45) is -1.51. The summed E-state index contributed by atoms with van der Waals surface area (Å²) in [4.78, 5) is 20.5. The quantitative estimate of drug-likeness (QED) is 0.605. The summed E-state index contributed by atoms with van der Waals surface area (Å²) in [5.74, 6) is -0.527. The van der Waals surface area contributed by atoms with Crippen molar-refractivity contribution >= 4 is 23.2 Å². The van der Waals surface area contributed by atoms with E-state index in [1.807, 2.05) is 13.8 Å². The number of carbonyl (C=O) groups is 1. The second-order valence-corrected chi connectivity index (χ2v) is 7.96. The number of carbonyl (C=O) groups excluding carboxylic acids is 1. The highest BCUT2D eigenvalue weighted by Gasteiger charge is 2.38. The van der Waals surface area contributed by atoms with Crippen LogP contribution in [-0.2, 0) is 17.4 Å². The molecule has 0 unspecified atom stereocenters. The molecule has 0 saturated heterocycles. The molecule has 4 N–H and O–H groups in total. The summed E-state index contributed by atoms with van der Waals surface area (Å²) in [5.41, 5.74) is 5.89. The van der Waals surface area contributed by atoms with Crippen LogP contribution in [0.25, 0.3) is 0 Å². The molecule has 1 aromatic carbocycles. The molecule has 0 aliphatic heterocycles. The normalized spacial score (nSPS) is 19.1. The minimum atomic E-state index is -4.57. The van der Waals surface area contributed by atoms with Gasteiger partial charge in [-0.2, -0.15) is 13.2 Å². The lowest BCUT2D eigenvalue weighted by Crippen LogP contribution is -2.37. The van der Waals surface area contributed by atoms with Crippen LogP contribution < -0.4 is 16.4 Å². The zero-order valence-electron chi connectivity index (χ0n) is 17.0. The minimum Gasteiger partial charge on any atom is -0.399 e. The van der Waals surface area contributed by atoms with Crippen molar-refractivity contribution in [2.75, 3.05) is 11.1 Å². The smallest absolute Gasteiger partial charge is 0.399 e. The number of rotatable bonds is 6. The Morgan fingerprint density at radius 2 is 1.93 bits per heavy atom. The average Bonchev–Trinajstić information content (AvgIpc) is 3.10. The highest BCUT2D eigenvalue weighted by Crippen LogP contribution is 2.38. The highest BCUT2D eigenvalue weighted by atomic mass is 19.4. The summed E-state index contributed by atoms with van der Waals surface area (Å²) in [7, 11) is 0. The van der Waals surface area contributed by atoms with E-state index in [-0.39, 0.29) is 41.8 Å². The Kier molecular flexibility index (Phi) is 6.48. The standard InChI is InChI=1S/C21H26F3N5O/c1-12(2)27-19(30)16-5-3-4-13(16)10-18-17(21(22,23)24)11-26-20(29-18)28-15-8-6-14(25)7-9-15/h6-9,11-13,16H,3-5,10,25H2,1-2H3,(H,27,30)(H,26,28,29)/t13-,16-/m0/s1. The molecule has 1 saturated carbocycles. The van der Waals surface area contributed by atoms with Crippen LogP contribution in [0.2, 0.25) is 0 Å². The van der Waals surface area contributed by atoms with E-state index in [9.17, 15) is 18.0 Å². The Bertz CT molecular complexity index is 883. The van der Waals surface area contributed by atoms with Crippen LogP contribution in [-0.4, -0.2) is 21.9 Å². The second-order valence-electron chi connectivity index (χ2n) is 7.96. The Morgan fingerprint density at radius 3 is 2.57 bits per heavy atom. The first kappa shape index (κ1) is 21.9. The molecule has 1 amide bonds. The summed E-state index contributed by atoms with van der Waals surface area (Å²) in [5, 5.41) is 5.79. The molecule has 0 bridgehead atoms. The van der Waals surface area contributed by atoms with Crippen molar-refractivity contribution in [3.8, 4) is 0 Å². The van der Waals surface area contributed by atoms with E-state index in [0.717, 1.165) is 12.6 Å². The van der Waals surface area contributed by atoms with Gasteiger partial charge in [-0.1, -0.05) is 6.42 Å². The van der Waals surface area contributed by atoms with E-state index in [1.165, 1.54) is 0 Å². The molecule has 30 heavy (non-hydrogen) atoms. The number of hydrogen-bond acceptors (Lipinski definition) is 5. The van der Waals surface area contributed by atoms with Gasteiger partial charge in [0.2, 0.25) is 11.9 Å². The molecule has 1 heterocycles. The lowest BCUT2D eigenvalue weighted by atomic mass is 9.89. The Labute approximate surface area is 173 Å². The number of nitrogens with two attached hydrogens (primary N) is 1. The minimum absolute atomic E-state index is 0.0146. The van der Waals surface area contributed by atoms with Gasteiger partial charge in [0, 0.05) is 29.5 Å². The third-order valence-electron chi connectivity index (χ3n) is 5.22. The van der Waals surface area contributed by atoms with Gasteiger partial charge in [0.15, 0.2) is 0 Å². The predicted molar refractivity (Wildman–Crippen MR) is 109 cm³/mol. The van der Waals surface area contributed by atoms with Crippen molar-refractivity contribution < 1.29 is 18.0 Å². The number of amides is 1. The van der Waals surface area contributed by atoms with Crippen LogP contribution in [0.15, 0.2) is 30.5 Å². The third kappa shape index (κ3) is 5.40. The van der Waals surface area contributed by atoms with Crippen LogP contribution in [0.5, 0.6) is 0 Å². The number of halogens is 3. The molecule has 0 radical (unpaired) electrons. The molecule has 0 spiro atoms. The Morgan fingerprint density at radius 1 is 1.23 bits per heavy atom. The predicted octanol–water partition coefficient (Wildman–Crippen LogP) is 4.30. The van der Waals surface area contributed by atoms with Gasteiger partial charge in [-0.3, -0.25) is 4.79 Å². The van der Waals surface area contributed by atoms with Crippen LogP contribution in [0.4, 0.5) is 30.5 Å². The third-order valence-corrected chi connectivity index (χ3v) is 5.22. The van der Waals surface area contributed by atoms with Gasteiger partial charge in [0.25, 0.3) is 0 Å². The number of anilines is 3. The van der Waals surface area contributed by atoms with E-state index in [1.54, 1.807) is 24.3 Å². The largest absolute Gasteiger partial charge is 0.419 e. The van der Waals surface area contributed by atoms with Crippen molar-refractivity contribution in [2.24, 2.45) is 11.8 Å². The maximum Gasteiger partial charge on any atom is 0.419 e. The number of nitrogens with zero attached hydrogens (tertiary/aromatic N) is 2. The van der Waals surface area contributed by atoms with Crippen molar-refractivity contribution in [1.29, 1.82) is 0 Å². The zero-order valence-corrected chi connectivity index (χ0v) is 17.0. The first-order chi connectivity index (χ1) is 14.1. The zero-order chi connectivity index (χ0) is 21.9. The molecule has 3 rings (SSSR count). The molecule has 1 fully saturated rings. The highest BCUT2D eigenvalue weighted by molar-refractivity contribution is 5.79. The van der Waals surface area contributed by atoms with Gasteiger partial charge >= 0.3 is 6.18 Å². The number of benzene rings is 1. The fourth-order valence-electron chi connectivity index (χ4n) is 3.83. The maximum absolute atomic E-state index is 13.6. The van der Waals surface area contributed by atoms with E-state index >= 15 is 0 Å². The van der Waals surface area contributed by atoms with Crippen LogP contribution in [0.3, 0.4) is 0 Å². The second kappa shape index (κ2) is 8.89. The van der Waals surface area contributed by atoms with Gasteiger partial charge in [-0.05, 0) is 63.3 Å². The van der Waals surface area contributed by atoms with Crippen LogP contribution in [0.1, 0.15) is 44.4 Å². The molecule has 2 atom stereocenters. The number of nitrogens with one attached hydrogen (secondary N) is 2. The molecular weight excluding hydrogens is 395 g/mol.